The second-order valence-corrected chi connectivity index (χ2v) is 5.64. The largest absolute Gasteiger partial charge is 0.462 e. The van der Waals surface area contributed by atoms with Gasteiger partial charge in [-0.2, -0.15) is 10.1 Å². The number of esters is 1. The number of anilines is 1. The van der Waals surface area contributed by atoms with Crippen LogP contribution in [0.15, 0.2) is 41.9 Å². The number of halogens is 1. The van der Waals surface area contributed by atoms with Crippen molar-refractivity contribution in [2.75, 3.05) is 11.9 Å². The van der Waals surface area contributed by atoms with E-state index in [0.717, 1.165) is 12.8 Å². The summed E-state index contributed by atoms with van der Waals surface area (Å²) >= 11 is 0. The fourth-order valence-corrected chi connectivity index (χ4v) is 2.73. The zero-order chi connectivity index (χ0) is 17.1. The molecule has 0 saturated carbocycles. The second-order valence-electron chi connectivity index (χ2n) is 5.64. The molecule has 1 atom stereocenters. The molecule has 126 valence electrons. The van der Waals surface area contributed by atoms with Crippen molar-refractivity contribution in [1.82, 2.24) is 14.8 Å². The van der Waals surface area contributed by atoms with Crippen molar-refractivity contribution >= 4 is 11.9 Å². The van der Waals surface area contributed by atoms with Crippen molar-refractivity contribution in [3.05, 3.63) is 53.2 Å². The van der Waals surface area contributed by atoms with Crippen LogP contribution < -0.4 is 5.32 Å². The Morgan fingerprint density at radius 3 is 3.04 bits per heavy atom. The van der Waals surface area contributed by atoms with Crippen LogP contribution in [0.2, 0.25) is 0 Å². The van der Waals surface area contributed by atoms with Gasteiger partial charge in [0, 0.05) is 5.70 Å². The van der Waals surface area contributed by atoms with Crippen LogP contribution >= 0.6 is 0 Å². The number of ether oxygens (including phenoxy) is 1. The molecule has 0 amide bonds. The molecule has 0 saturated heterocycles. The lowest BCUT2D eigenvalue weighted by Crippen LogP contribution is -2.29. The number of carbonyl (C=O) groups is 1. The van der Waals surface area contributed by atoms with E-state index in [-0.39, 0.29) is 5.82 Å². The van der Waals surface area contributed by atoms with E-state index in [1.54, 1.807) is 23.7 Å². The number of unbranched alkanes of at least 4 members (excludes halogenated alkanes) is 1. The van der Waals surface area contributed by atoms with Crippen LogP contribution in [-0.4, -0.2) is 27.3 Å². The summed E-state index contributed by atoms with van der Waals surface area (Å²) in [5, 5.41) is 7.24. The Kier molecular flexibility index (Phi) is 4.59. The zero-order valence-corrected chi connectivity index (χ0v) is 13.6. The summed E-state index contributed by atoms with van der Waals surface area (Å²) in [6.45, 7) is 4.16. The molecule has 2 aromatic rings. The van der Waals surface area contributed by atoms with Gasteiger partial charge in [-0.1, -0.05) is 25.5 Å². The zero-order valence-electron chi connectivity index (χ0n) is 13.6. The second kappa shape index (κ2) is 6.82. The summed E-state index contributed by atoms with van der Waals surface area (Å²) in [5.41, 5.74) is 1.66. The maximum atomic E-state index is 13.7. The molecule has 0 unspecified atom stereocenters. The Bertz CT molecular complexity index is 784. The Balaban J connectivity index is 2.02. The van der Waals surface area contributed by atoms with Crippen LogP contribution in [0.3, 0.4) is 0 Å². The summed E-state index contributed by atoms with van der Waals surface area (Å²) in [6.07, 6.45) is 3.13. The highest BCUT2D eigenvalue weighted by Crippen LogP contribution is 2.35. The lowest BCUT2D eigenvalue weighted by Gasteiger charge is -2.28. The molecule has 0 bridgehead atoms. The van der Waals surface area contributed by atoms with Gasteiger partial charge in [0.15, 0.2) is 0 Å². The minimum absolute atomic E-state index is 0.353. The quantitative estimate of drug-likeness (QED) is 0.674. The van der Waals surface area contributed by atoms with E-state index in [4.69, 9.17) is 4.74 Å². The van der Waals surface area contributed by atoms with E-state index in [1.807, 2.05) is 6.92 Å². The third-order valence-corrected chi connectivity index (χ3v) is 3.91. The molecule has 2 heterocycles. The summed E-state index contributed by atoms with van der Waals surface area (Å²) in [5.74, 6) is -0.292. The number of nitrogens with one attached hydrogen (secondary N) is 1. The Hall–Kier alpha value is -2.70. The molecular weight excluding hydrogens is 311 g/mol. The summed E-state index contributed by atoms with van der Waals surface area (Å²) in [6, 6.07) is 5.56. The van der Waals surface area contributed by atoms with E-state index in [0.29, 0.717) is 29.4 Å². The molecule has 24 heavy (non-hydrogen) atoms. The minimum atomic E-state index is -0.575. The first kappa shape index (κ1) is 16.2. The van der Waals surface area contributed by atoms with Gasteiger partial charge in [-0.05, 0) is 31.0 Å². The van der Waals surface area contributed by atoms with Gasteiger partial charge in [0.25, 0.3) is 0 Å². The van der Waals surface area contributed by atoms with Crippen molar-refractivity contribution in [3.8, 4) is 0 Å². The first-order valence-electron chi connectivity index (χ1n) is 7.91. The van der Waals surface area contributed by atoms with E-state index >= 15 is 0 Å². The Morgan fingerprint density at radius 2 is 2.29 bits per heavy atom. The van der Waals surface area contributed by atoms with Gasteiger partial charge < -0.3 is 10.1 Å². The van der Waals surface area contributed by atoms with Gasteiger partial charge in [0.05, 0.1) is 12.2 Å². The number of hydrogen-bond acceptors (Lipinski definition) is 5. The molecule has 0 radical (unpaired) electrons. The molecule has 1 aromatic carbocycles. The number of aromatic nitrogens is 3. The topological polar surface area (TPSA) is 69.0 Å². The molecular formula is C17H19FN4O2. The van der Waals surface area contributed by atoms with E-state index in [1.165, 1.54) is 18.5 Å². The third kappa shape index (κ3) is 3.02. The fraction of sp³-hybridized carbons (Fsp3) is 0.353. The molecule has 6 nitrogen and oxygen atoms in total. The van der Waals surface area contributed by atoms with Crippen LogP contribution in [0.1, 0.15) is 38.3 Å². The predicted octanol–water partition coefficient (Wildman–Crippen LogP) is 3.05. The normalized spacial score (nSPS) is 16.5. The lowest BCUT2D eigenvalue weighted by molar-refractivity contribution is -0.139. The van der Waals surface area contributed by atoms with Gasteiger partial charge in [-0.25, -0.2) is 13.9 Å². The number of benzene rings is 1. The van der Waals surface area contributed by atoms with Crippen LogP contribution in [-0.2, 0) is 9.53 Å². The van der Waals surface area contributed by atoms with Crippen molar-refractivity contribution in [3.63, 3.8) is 0 Å². The van der Waals surface area contributed by atoms with E-state index < -0.39 is 12.0 Å². The molecule has 0 fully saturated rings. The molecule has 3 rings (SSSR count). The van der Waals surface area contributed by atoms with Crippen LogP contribution in [0, 0.1) is 5.82 Å². The number of allylic oxidation sites excluding steroid dienone is 1. The minimum Gasteiger partial charge on any atom is -0.462 e. The van der Waals surface area contributed by atoms with Crippen LogP contribution in [0.5, 0.6) is 0 Å². The van der Waals surface area contributed by atoms with Gasteiger partial charge in [0.2, 0.25) is 5.95 Å². The SMILES string of the molecule is CCCCOC(=O)C1=C(C)Nc2ncnn2[C@@H]1c1cccc(F)c1. The molecule has 0 spiro atoms. The number of hydrogen-bond donors (Lipinski definition) is 1. The summed E-state index contributed by atoms with van der Waals surface area (Å²) in [4.78, 5) is 16.7. The smallest absolute Gasteiger partial charge is 0.338 e. The average molecular weight is 330 g/mol. The monoisotopic (exact) mass is 330 g/mol. The number of fused-ring (bicyclic) bond motifs is 1. The highest BCUT2D eigenvalue weighted by atomic mass is 19.1. The van der Waals surface area contributed by atoms with Gasteiger partial charge >= 0.3 is 5.97 Å². The molecule has 1 aromatic heterocycles. The van der Waals surface area contributed by atoms with Crippen LogP contribution in [0.4, 0.5) is 10.3 Å². The highest BCUT2D eigenvalue weighted by Gasteiger charge is 2.34. The van der Waals surface area contributed by atoms with Crippen molar-refractivity contribution < 1.29 is 13.9 Å². The molecule has 1 aliphatic heterocycles. The molecule has 7 heteroatoms. The lowest BCUT2D eigenvalue weighted by atomic mass is 9.96. The molecule has 1 aliphatic rings. The van der Waals surface area contributed by atoms with Gasteiger partial charge in [-0.3, -0.25) is 0 Å². The maximum absolute atomic E-state index is 13.7. The van der Waals surface area contributed by atoms with Gasteiger partial charge in [0.1, 0.15) is 18.2 Å². The first-order valence-corrected chi connectivity index (χ1v) is 7.91. The maximum Gasteiger partial charge on any atom is 0.338 e. The average Bonchev–Trinajstić information content (AvgIpc) is 3.01. The van der Waals surface area contributed by atoms with E-state index in [9.17, 15) is 9.18 Å². The predicted molar refractivity (Wildman–Crippen MR) is 86.8 cm³/mol. The standard InChI is InChI=1S/C17H19FN4O2/c1-3-4-8-24-16(23)14-11(2)21-17-19-10-20-22(17)15(14)12-6-5-7-13(18)9-12/h5-7,9-10,15H,3-4,8H2,1-2H3,(H,19,20,21)/t15-/m1/s1. The van der Waals surface area contributed by atoms with Crippen LogP contribution in [0.25, 0.3) is 0 Å². The van der Waals surface area contributed by atoms with Crippen molar-refractivity contribution in [2.45, 2.75) is 32.7 Å². The number of nitrogens with zero attached hydrogens (tertiary/aromatic N) is 3. The molecule has 1 N–H and O–H groups in total. The van der Waals surface area contributed by atoms with Gasteiger partial charge in [-0.15, -0.1) is 0 Å². The third-order valence-electron chi connectivity index (χ3n) is 3.91. The van der Waals surface area contributed by atoms with E-state index in [2.05, 4.69) is 15.4 Å². The first-order chi connectivity index (χ1) is 11.6. The summed E-state index contributed by atoms with van der Waals surface area (Å²) in [7, 11) is 0. The van der Waals surface area contributed by atoms with Crippen molar-refractivity contribution in [1.29, 1.82) is 0 Å². The molecule has 0 aliphatic carbocycles. The van der Waals surface area contributed by atoms with Crippen molar-refractivity contribution in [2.24, 2.45) is 0 Å². The highest BCUT2D eigenvalue weighted by molar-refractivity contribution is 5.92. The summed E-state index contributed by atoms with van der Waals surface area (Å²) < 4.78 is 20.6. The Labute approximate surface area is 139 Å². The number of carbonyl (C=O) groups excluding carboxylic acids is 1. The Morgan fingerprint density at radius 1 is 1.46 bits per heavy atom. The fourth-order valence-electron chi connectivity index (χ4n) is 2.73. The number of rotatable bonds is 5.